The fourth-order valence-electron chi connectivity index (χ4n) is 6.79. The number of hydrogen-bond donors (Lipinski definition) is 1. The maximum Gasteiger partial charge on any atom is 0.259 e. The minimum absolute atomic E-state index is 0.0430. The number of allylic oxidation sites excluding steroid dienone is 1. The van der Waals surface area contributed by atoms with Gasteiger partial charge in [0.1, 0.15) is 11.6 Å². The fraction of sp³-hybridized carbons (Fsp3) is 0.517. The van der Waals surface area contributed by atoms with Crippen LogP contribution in [0.1, 0.15) is 32.1 Å². The number of fused-ring (bicyclic) bond motifs is 2. The molecule has 3 fully saturated rings. The zero-order valence-electron chi connectivity index (χ0n) is 21.6. The minimum atomic E-state index is -0.167. The standard InChI is InChI=1S/C29H33ClFN5O2/c1-34-9-7-21-26(6-5-22(30)27(21)28(34)37)38-20-13-29(14-20)16-35(17-29)10-8-32-24-12-25-18(11-23(24)31)15-33-36(25)19-3-2-4-19/h5-7,9,11-12,15,18-20,25,32H,2-4,8,10,13-14,16-17H2,1H3. The van der Waals surface area contributed by atoms with Crippen LogP contribution in [0.5, 0.6) is 5.75 Å². The molecule has 1 spiro atoms. The van der Waals surface area contributed by atoms with Crippen molar-refractivity contribution in [1.82, 2.24) is 19.8 Å². The Morgan fingerprint density at radius 1 is 1.21 bits per heavy atom. The monoisotopic (exact) mass is 537 g/mol. The van der Waals surface area contributed by atoms with E-state index in [0.717, 1.165) is 50.2 Å². The number of pyridine rings is 1. The van der Waals surface area contributed by atoms with Crippen LogP contribution in [0.4, 0.5) is 4.39 Å². The first-order valence-electron chi connectivity index (χ1n) is 13.7. The molecule has 0 amide bonds. The zero-order valence-corrected chi connectivity index (χ0v) is 22.3. The van der Waals surface area contributed by atoms with Crippen molar-refractivity contribution < 1.29 is 9.13 Å². The molecule has 1 saturated heterocycles. The van der Waals surface area contributed by atoms with Crippen LogP contribution in [0.25, 0.3) is 10.8 Å². The van der Waals surface area contributed by atoms with E-state index in [1.54, 1.807) is 25.4 Å². The van der Waals surface area contributed by atoms with Crippen molar-refractivity contribution in [1.29, 1.82) is 0 Å². The van der Waals surface area contributed by atoms with Gasteiger partial charge in [-0.05, 0) is 62.5 Å². The van der Waals surface area contributed by atoms with Crippen molar-refractivity contribution in [2.75, 3.05) is 26.2 Å². The Morgan fingerprint density at radius 3 is 2.79 bits per heavy atom. The number of hydrazone groups is 1. The van der Waals surface area contributed by atoms with Crippen LogP contribution in [0.2, 0.25) is 5.02 Å². The van der Waals surface area contributed by atoms with Gasteiger partial charge in [0, 0.05) is 68.4 Å². The van der Waals surface area contributed by atoms with E-state index in [4.69, 9.17) is 16.3 Å². The lowest BCUT2D eigenvalue weighted by Crippen LogP contribution is -2.65. The van der Waals surface area contributed by atoms with Gasteiger partial charge in [0.05, 0.1) is 28.3 Å². The van der Waals surface area contributed by atoms with Gasteiger partial charge in [-0.3, -0.25) is 9.80 Å². The van der Waals surface area contributed by atoms with Crippen LogP contribution in [0.15, 0.2) is 58.0 Å². The Morgan fingerprint density at radius 2 is 2.03 bits per heavy atom. The summed E-state index contributed by atoms with van der Waals surface area (Å²) in [6.07, 6.45) is 13.2. The summed E-state index contributed by atoms with van der Waals surface area (Å²) in [5, 5.41) is 11.8. The van der Waals surface area contributed by atoms with Crippen LogP contribution >= 0.6 is 11.6 Å². The van der Waals surface area contributed by atoms with E-state index in [1.807, 2.05) is 24.4 Å². The van der Waals surface area contributed by atoms with E-state index < -0.39 is 0 Å². The average molecular weight is 538 g/mol. The van der Waals surface area contributed by atoms with Crippen LogP contribution in [0, 0.1) is 11.3 Å². The van der Waals surface area contributed by atoms with Crippen LogP contribution < -0.4 is 15.6 Å². The number of aryl methyl sites for hydroxylation is 1. The van der Waals surface area contributed by atoms with E-state index in [2.05, 4.69) is 20.3 Å². The first kappa shape index (κ1) is 24.2. The first-order valence-corrected chi connectivity index (χ1v) is 14.1. The van der Waals surface area contributed by atoms with Gasteiger partial charge < -0.3 is 19.5 Å². The molecule has 9 heteroatoms. The van der Waals surface area contributed by atoms with Crippen molar-refractivity contribution in [2.24, 2.45) is 23.5 Å². The number of likely N-dealkylation sites (tertiary alicyclic amines) is 1. The van der Waals surface area contributed by atoms with Gasteiger partial charge in [-0.15, -0.1) is 0 Å². The van der Waals surface area contributed by atoms with E-state index in [0.29, 0.717) is 27.6 Å². The first-order chi connectivity index (χ1) is 18.4. The van der Waals surface area contributed by atoms with Crippen molar-refractivity contribution in [3.8, 4) is 5.75 Å². The molecular formula is C29H33ClFN5O2. The molecule has 1 aromatic heterocycles. The minimum Gasteiger partial charge on any atom is -0.490 e. The number of halogens is 2. The maximum atomic E-state index is 14.7. The highest BCUT2D eigenvalue weighted by Gasteiger charge is 2.53. The Hall–Kier alpha value is -2.84. The summed E-state index contributed by atoms with van der Waals surface area (Å²) in [5.41, 5.74) is 0.812. The Balaban J connectivity index is 0.895. The molecule has 38 heavy (non-hydrogen) atoms. The molecular weight excluding hydrogens is 505 g/mol. The molecule has 3 heterocycles. The molecule has 2 atom stereocenters. The quantitative estimate of drug-likeness (QED) is 0.573. The average Bonchev–Trinajstić information content (AvgIpc) is 3.20. The Bertz CT molecular complexity index is 1420. The summed E-state index contributed by atoms with van der Waals surface area (Å²) in [7, 11) is 1.72. The summed E-state index contributed by atoms with van der Waals surface area (Å²) in [5.74, 6) is 0.602. The number of nitrogens with zero attached hydrogens (tertiary/aromatic N) is 4. The second-order valence-electron chi connectivity index (χ2n) is 11.7. The van der Waals surface area contributed by atoms with Crippen LogP contribution in [-0.4, -0.2) is 65.1 Å². The van der Waals surface area contributed by atoms with Crippen molar-refractivity contribution in [3.63, 3.8) is 0 Å². The summed E-state index contributed by atoms with van der Waals surface area (Å²) in [6.45, 7) is 3.69. The van der Waals surface area contributed by atoms with Crippen molar-refractivity contribution >= 4 is 28.6 Å². The highest BCUT2D eigenvalue weighted by Crippen LogP contribution is 2.50. The Labute approximate surface area is 226 Å². The van der Waals surface area contributed by atoms with Gasteiger partial charge in [-0.25, -0.2) is 4.39 Å². The van der Waals surface area contributed by atoms with Crippen LogP contribution in [-0.2, 0) is 7.05 Å². The number of aromatic nitrogens is 1. The van der Waals surface area contributed by atoms with Gasteiger partial charge in [0.25, 0.3) is 5.56 Å². The maximum absolute atomic E-state index is 14.7. The molecule has 2 aliphatic heterocycles. The third-order valence-corrected chi connectivity index (χ3v) is 9.40. The molecule has 7 nitrogen and oxygen atoms in total. The second kappa shape index (κ2) is 9.12. The predicted molar refractivity (Wildman–Crippen MR) is 147 cm³/mol. The van der Waals surface area contributed by atoms with E-state index in [9.17, 15) is 9.18 Å². The fourth-order valence-corrected chi connectivity index (χ4v) is 7.04. The summed E-state index contributed by atoms with van der Waals surface area (Å²) in [4.78, 5) is 15.0. The lowest BCUT2D eigenvalue weighted by atomic mass is 9.62. The second-order valence-corrected chi connectivity index (χ2v) is 12.2. The third kappa shape index (κ3) is 4.04. The molecule has 1 N–H and O–H groups in total. The lowest BCUT2D eigenvalue weighted by Gasteiger charge is -2.58. The molecule has 2 saturated carbocycles. The highest BCUT2D eigenvalue weighted by molar-refractivity contribution is 6.35. The lowest BCUT2D eigenvalue weighted by molar-refractivity contribution is -0.117. The summed E-state index contributed by atoms with van der Waals surface area (Å²) >= 11 is 6.32. The van der Waals surface area contributed by atoms with Gasteiger partial charge >= 0.3 is 0 Å². The molecule has 2 unspecified atom stereocenters. The Kier molecular flexibility index (Phi) is 5.82. The molecule has 200 valence electrons. The molecule has 0 bridgehead atoms. The van der Waals surface area contributed by atoms with Crippen molar-refractivity contribution in [2.45, 2.75) is 50.3 Å². The third-order valence-electron chi connectivity index (χ3n) is 9.08. The van der Waals surface area contributed by atoms with Gasteiger partial charge in [0.15, 0.2) is 0 Å². The highest BCUT2D eigenvalue weighted by atomic mass is 35.5. The molecule has 2 aromatic rings. The molecule has 7 rings (SSSR count). The topological polar surface area (TPSA) is 62.1 Å². The number of hydrogen-bond acceptors (Lipinski definition) is 6. The summed E-state index contributed by atoms with van der Waals surface area (Å²) < 4.78 is 22.5. The SMILES string of the molecule is Cn1ccc2c(OC3CC4(C3)CN(CCNC3=CC5C(C=NN5C5CCC5)C=C3F)C4)ccc(Cl)c2c1=O. The molecule has 0 radical (unpaired) electrons. The number of benzene rings is 1. The molecule has 3 aliphatic carbocycles. The van der Waals surface area contributed by atoms with Crippen molar-refractivity contribution in [3.05, 3.63) is 63.4 Å². The molecule has 5 aliphatic rings. The number of nitrogens with one attached hydrogen (secondary N) is 1. The van der Waals surface area contributed by atoms with Crippen LogP contribution in [0.3, 0.4) is 0 Å². The van der Waals surface area contributed by atoms with Gasteiger partial charge in [-0.2, -0.15) is 5.10 Å². The van der Waals surface area contributed by atoms with E-state index in [1.165, 1.54) is 23.8 Å². The number of ether oxygens (including phenoxy) is 1. The predicted octanol–water partition coefficient (Wildman–Crippen LogP) is 4.21. The zero-order chi connectivity index (χ0) is 26.0. The smallest absolute Gasteiger partial charge is 0.259 e. The van der Waals surface area contributed by atoms with Gasteiger partial charge in [0.2, 0.25) is 0 Å². The molecule has 1 aromatic carbocycles. The van der Waals surface area contributed by atoms with E-state index in [-0.39, 0.29) is 29.4 Å². The van der Waals surface area contributed by atoms with E-state index >= 15 is 0 Å². The largest absolute Gasteiger partial charge is 0.490 e. The summed E-state index contributed by atoms with van der Waals surface area (Å²) in [6, 6.07) is 6.16. The van der Waals surface area contributed by atoms with Gasteiger partial charge in [-0.1, -0.05) is 11.6 Å². The normalized spacial score (nSPS) is 26.4. The number of rotatable bonds is 7.